The van der Waals surface area contributed by atoms with Crippen LogP contribution in [0.15, 0.2) is 58.6 Å². The summed E-state index contributed by atoms with van der Waals surface area (Å²) < 4.78 is 5.80. The molecule has 0 spiro atoms. The number of phenols is 1. The van der Waals surface area contributed by atoms with Crippen LogP contribution in [0, 0.1) is 5.41 Å². The fraction of sp³-hybridized carbons (Fsp3) is 0.440. The zero-order valence-electron chi connectivity index (χ0n) is 18.8. The van der Waals surface area contributed by atoms with Gasteiger partial charge in [-0.3, -0.25) is 9.89 Å². The third-order valence-corrected chi connectivity index (χ3v) is 5.35. The number of aliphatic imine (C=N–C) groups is 1. The van der Waals surface area contributed by atoms with Crippen molar-refractivity contribution in [2.24, 2.45) is 21.4 Å². The predicted molar refractivity (Wildman–Crippen MR) is 128 cm³/mol. The molecule has 1 aliphatic rings. The summed E-state index contributed by atoms with van der Waals surface area (Å²) in [4.78, 5) is 6.87. The highest BCUT2D eigenvalue weighted by Crippen LogP contribution is 2.29. The predicted octanol–water partition coefficient (Wildman–Crippen LogP) is 4.71. The quantitative estimate of drug-likeness (QED) is 0.384. The van der Waals surface area contributed by atoms with Gasteiger partial charge in [-0.2, -0.15) is 5.10 Å². The van der Waals surface area contributed by atoms with Crippen molar-refractivity contribution in [1.29, 1.82) is 0 Å². The van der Waals surface area contributed by atoms with Gasteiger partial charge in [-0.1, -0.05) is 32.9 Å². The second-order valence-corrected chi connectivity index (χ2v) is 9.37. The second kappa shape index (κ2) is 10.4. The Morgan fingerprint density at radius 3 is 2.48 bits per heavy atom. The van der Waals surface area contributed by atoms with E-state index in [9.17, 15) is 5.11 Å². The lowest BCUT2D eigenvalue weighted by molar-refractivity contribution is 0.198. The molecule has 6 nitrogen and oxygen atoms in total. The average molecular weight is 423 g/mol. The molecule has 31 heavy (non-hydrogen) atoms. The Morgan fingerprint density at radius 2 is 1.87 bits per heavy atom. The molecule has 3 rings (SSSR count). The van der Waals surface area contributed by atoms with Gasteiger partial charge in [-0.05, 0) is 79.2 Å². The SMILES string of the molecule is CC(C)(C)COc1ccc(N=CC(CN2CCC(c3cccc(O)c3)CC2)=NN)cc1. The summed E-state index contributed by atoms with van der Waals surface area (Å²) in [6.45, 7) is 9.72. The van der Waals surface area contributed by atoms with E-state index in [-0.39, 0.29) is 5.41 Å². The zero-order valence-corrected chi connectivity index (χ0v) is 18.8. The summed E-state index contributed by atoms with van der Waals surface area (Å²) in [7, 11) is 0. The van der Waals surface area contributed by atoms with E-state index in [4.69, 9.17) is 10.6 Å². The summed E-state index contributed by atoms with van der Waals surface area (Å²) in [5, 5.41) is 13.6. The molecular formula is C25H34N4O2. The molecule has 0 radical (unpaired) electrons. The third kappa shape index (κ3) is 7.40. The van der Waals surface area contributed by atoms with E-state index < -0.39 is 0 Å². The Labute approximate surface area is 185 Å². The van der Waals surface area contributed by atoms with Gasteiger partial charge in [0.25, 0.3) is 0 Å². The molecule has 0 amide bonds. The monoisotopic (exact) mass is 422 g/mol. The van der Waals surface area contributed by atoms with E-state index in [1.54, 1.807) is 12.3 Å². The molecular weight excluding hydrogens is 388 g/mol. The van der Waals surface area contributed by atoms with Crippen LogP contribution in [0.5, 0.6) is 11.5 Å². The minimum Gasteiger partial charge on any atom is -0.508 e. The van der Waals surface area contributed by atoms with E-state index >= 15 is 0 Å². The highest BCUT2D eigenvalue weighted by Gasteiger charge is 2.21. The van der Waals surface area contributed by atoms with Crippen LogP contribution in [0.4, 0.5) is 5.69 Å². The lowest BCUT2D eigenvalue weighted by Crippen LogP contribution is -2.37. The van der Waals surface area contributed by atoms with E-state index in [1.807, 2.05) is 36.4 Å². The molecule has 0 atom stereocenters. The van der Waals surface area contributed by atoms with E-state index in [1.165, 1.54) is 5.56 Å². The third-order valence-electron chi connectivity index (χ3n) is 5.35. The molecule has 1 heterocycles. The standard InChI is InChI=1S/C25H34N4O2/c1-25(2,3)18-31-24-9-7-21(8-10-24)27-16-22(28-26)17-29-13-11-19(12-14-29)20-5-4-6-23(30)15-20/h4-10,15-16,19,30H,11-14,17-18,26H2,1-3H3. The number of ether oxygens (including phenoxy) is 1. The zero-order chi connectivity index (χ0) is 22.3. The van der Waals surface area contributed by atoms with Gasteiger partial charge in [0.1, 0.15) is 11.5 Å². The number of likely N-dealkylation sites (tertiary alicyclic amines) is 1. The van der Waals surface area contributed by atoms with Crippen molar-refractivity contribution in [2.75, 3.05) is 26.2 Å². The summed E-state index contributed by atoms with van der Waals surface area (Å²) in [6.07, 6.45) is 3.84. The van der Waals surface area contributed by atoms with E-state index in [2.05, 4.69) is 41.8 Å². The Kier molecular flexibility index (Phi) is 7.69. The minimum absolute atomic E-state index is 0.126. The number of nitrogens with two attached hydrogens (primary N) is 1. The molecule has 2 aromatic carbocycles. The van der Waals surface area contributed by atoms with Crippen molar-refractivity contribution in [2.45, 2.75) is 39.5 Å². The molecule has 1 fully saturated rings. The van der Waals surface area contributed by atoms with Crippen molar-refractivity contribution in [1.82, 2.24) is 4.90 Å². The van der Waals surface area contributed by atoms with Crippen LogP contribution in [-0.2, 0) is 0 Å². The van der Waals surface area contributed by atoms with Crippen molar-refractivity contribution >= 4 is 17.6 Å². The smallest absolute Gasteiger partial charge is 0.119 e. The van der Waals surface area contributed by atoms with Crippen molar-refractivity contribution in [3.05, 3.63) is 54.1 Å². The number of benzene rings is 2. The van der Waals surface area contributed by atoms with Gasteiger partial charge in [-0.25, -0.2) is 0 Å². The van der Waals surface area contributed by atoms with Gasteiger partial charge in [0.05, 0.1) is 24.2 Å². The molecule has 0 bridgehead atoms. The lowest BCUT2D eigenvalue weighted by atomic mass is 9.89. The Balaban J connectivity index is 1.49. The first-order chi connectivity index (χ1) is 14.8. The Hall–Kier alpha value is -2.86. The molecule has 0 unspecified atom stereocenters. The number of hydrogen-bond donors (Lipinski definition) is 2. The topological polar surface area (TPSA) is 83.4 Å². The molecule has 1 aliphatic heterocycles. The number of aromatic hydroxyl groups is 1. The van der Waals surface area contributed by atoms with Crippen molar-refractivity contribution < 1.29 is 9.84 Å². The molecule has 1 saturated heterocycles. The molecule has 6 heteroatoms. The van der Waals surface area contributed by atoms with Crippen LogP contribution in [-0.4, -0.2) is 48.2 Å². The molecule has 3 N–H and O–H groups in total. The number of phenolic OH excluding ortho intramolecular Hbond substituents is 1. The highest BCUT2D eigenvalue weighted by atomic mass is 16.5. The van der Waals surface area contributed by atoms with Gasteiger partial charge in [0, 0.05) is 6.54 Å². The normalized spacial score (nSPS) is 16.7. The molecule has 166 valence electrons. The van der Waals surface area contributed by atoms with E-state index in [0.717, 1.165) is 43.1 Å². The highest BCUT2D eigenvalue weighted by molar-refractivity contribution is 6.32. The van der Waals surface area contributed by atoms with Crippen LogP contribution in [0.1, 0.15) is 45.1 Å². The van der Waals surface area contributed by atoms with Crippen LogP contribution in [0.2, 0.25) is 0 Å². The van der Waals surface area contributed by atoms with E-state index in [0.29, 0.717) is 24.8 Å². The lowest BCUT2D eigenvalue weighted by Gasteiger charge is -2.32. The number of hydrogen-bond acceptors (Lipinski definition) is 6. The van der Waals surface area contributed by atoms with Crippen LogP contribution >= 0.6 is 0 Å². The van der Waals surface area contributed by atoms with Crippen LogP contribution in [0.25, 0.3) is 0 Å². The Bertz CT molecular complexity index is 892. The first kappa shape index (κ1) is 22.8. The first-order valence-electron chi connectivity index (χ1n) is 10.9. The van der Waals surface area contributed by atoms with Crippen LogP contribution in [0.3, 0.4) is 0 Å². The number of nitrogens with zero attached hydrogens (tertiary/aromatic N) is 3. The Morgan fingerprint density at radius 1 is 1.16 bits per heavy atom. The fourth-order valence-corrected chi connectivity index (χ4v) is 3.62. The number of piperidine rings is 1. The molecule has 2 aromatic rings. The molecule has 0 aromatic heterocycles. The number of hydrazone groups is 1. The summed E-state index contributed by atoms with van der Waals surface area (Å²) in [5.41, 5.74) is 2.93. The maximum absolute atomic E-state index is 9.71. The summed E-state index contributed by atoms with van der Waals surface area (Å²) in [5.74, 6) is 7.28. The maximum Gasteiger partial charge on any atom is 0.119 e. The largest absolute Gasteiger partial charge is 0.508 e. The first-order valence-corrected chi connectivity index (χ1v) is 10.9. The van der Waals surface area contributed by atoms with Gasteiger partial charge < -0.3 is 15.7 Å². The fourth-order valence-electron chi connectivity index (χ4n) is 3.62. The molecule has 0 saturated carbocycles. The average Bonchev–Trinajstić information content (AvgIpc) is 2.76. The van der Waals surface area contributed by atoms with Gasteiger partial charge >= 0.3 is 0 Å². The molecule has 0 aliphatic carbocycles. The van der Waals surface area contributed by atoms with Crippen molar-refractivity contribution in [3.63, 3.8) is 0 Å². The van der Waals surface area contributed by atoms with Gasteiger partial charge in [0.15, 0.2) is 0 Å². The maximum atomic E-state index is 9.71. The summed E-state index contributed by atoms with van der Waals surface area (Å²) in [6, 6.07) is 15.3. The van der Waals surface area contributed by atoms with Gasteiger partial charge in [-0.15, -0.1) is 0 Å². The summed E-state index contributed by atoms with van der Waals surface area (Å²) >= 11 is 0. The number of rotatable bonds is 7. The van der Waals surface area contributed by atoms with Gasteiger partial charge in [0.2, 0.25) is 0 Å². The van der Waals surface area contributed by atoms with Crippen LogP contribution < -0.4 is 10.6 Å². The second-order valence-electron chi connectivity index (χ2n) is 9.37. The minimum atomic E-state index is 0.126. The van der Waals surface area contributed by atoms with Crippen molar-refractivity contribution in [3.8, 4) is 11.5 Å².